The Morgan fingerprint density at radius 1 is 0.963 bits per heavy atom. The highest BCUT2D eigenvalue weighted by Crippen LogP contribution is 2.18. The van der Waals surface area contributed by atoms with Crippen LogP contribution in [0, 0.1) is 0 Å². The van der Waals surface area contributed by atoms with Crippen molar-refractivity contribution in [2.45, 2.75) is 38.6 Å². The number of rotatable bonds is 11. The van der Waals surface area contributed by atoms with E-state index in [2.05, 4.69) is 17.6 Å². The van der Waals surface area contributed by atoms with Crippen molar-refractivity contribution in [3.8, 4) is 0 Å². The van der Waals surface area contributed by atoms with Crippen molar-refractivity contribution in [1.82, 2.24) is 0 Å². The number of unbranched alkanes of at least 4 members (excludes halogenated alkanes) is 2. The molecule has 0 aliphatic rings. The van der Waals surface area contributed by atoms with E-state index in [4.69, 9.17) is 0 Å². The number of nitrogens with two attached hydrogens (primary N) is 1. The summed E-state index contributed by atoms with van der Waals surface area (Å²) in [5, 5.41) is 18.9. The van der Waals surface area contributed by atoms with Crippen LogP contribution < -0.4 is 21.1 Å². The van der Waals surface area contributed by atoms with E-state index in [0.29, 0.717) is 12.2 Å². The highest BCUT2D eigenvalue weighted by atomic mass is 16.4. The maximum atomic E-state index is 12.2. The summed E-state index contributed by atoms with van der Waals surface area (Å²) in [7, 11) is 0. The van der Waals surface area contributed by atoms with Crippen LogP contribution in [0.4, 0.5) is 17.1 Å². The Labute approximate surface area is 160 Å². The van der Waals surface area contributed by atoms with Crippen molar-refractivity contribution in [1.29, 1.82) is 0 Å². The third kappa shape index (κ3) is 7.50. The Hall–Kier alpha value is -2.86. The zero-order chi connectivity index (χ0) is 19.5. The van der Waals surface area contributed by atoms with Crippen LogP contribution in [-0.2, 0) is 9.59 Å². The van der Waals surface area contributed by atoms with E-state index in [1.165, 1.54) is 0 Å². The second-order valence-electron chi connectivity index (χ2n) is 6.48. The van der Waals surface area contributed by atoms with E-state index < -0.39 is 12.0 Å². The molecular formula is C21H27N3O3. The molecule has 1 amide bonds. The molecule has 0 bridgehead atoms. The van der Waals surface area contributed by atoms with Crippen LogP contribution in [0.25, 0.3) is 0 Å². The minimum Gasteiger partial charge on any atom is -0.544 e. The molecule has 0 radical (unpaired) electrons. The lowest BCUT2D eigenvalue weighted by Crippen LogP contribution is -2.93. The Morgan fingerprint density at radius 2 is 1.59 bits per heavy atom. The van der Waals surface area contributed by atoms with Gasteiger partial charge in [-0.3, -0.25) is 4.79 Å². The zero-order valence-corrected chi connectivity index (χ0v) is 15.6. The third-order valence-corrected chi connectivity index (χ3v) is 4.20. The summed E-state index contributed by atoms with van der Waals surface area (Å²) >= 11 is 0. The number of para-hydroxylation sites is 1. The summed E-state index contributed by atoms with van der Waals surface area (Å²) in [5.74, 6) is -1.54. The van der Waals surface area contributed by atoms with Crippen molar-refractivity contribution in [3.05, 3.63) is 54.6 Å². The average molecular weight is 369 g/mol. The van der Waals surface area contributed by atoms with Gasteiger partial charge >= 0.3 is 0 Å². The Bertz CT molecular complexity index is 717. The summed E-state index contributed by atoms with van der Waals surface area (Å²) in [6, 6.07) is 16.2. The molecule has 2 aromatic rings. The van der Waals surface area contributed by atoms with Gasteiger partial charge in [0.25, 0.3) is 0 Å². The second-order valence-corrected chi connectivity index (χ2v) is 6.48. The molecule has 27 heavy (non-hydrogen) atoms. The van der Waals surface area contributed by atoms with Gasteiger partial charge in [0.15, 0.2) is 0 Å². The van der Waals surface area contributed by atoms with Crippen LogP contribution in [0.1, 0.15) is 32.6 Å². The molecule has 0 fully saturated rings. The first kappa shape index (κ1) is 20.5. The number of carbonyl (C=O) groups excluding carboxylic acids is 2. The standard InChI is InChI=1S/C21H27N3O3/c1-2-3-7-14-22-19(21(26)27)15-20(25)24-18-12-10-17(11-13-18)23-16-8-5-4-6-9-16/h4-6,8-13,19,22-23H,2-3,7,14-15H2,1H3,(H,24,25)(H,26,27)/t19-/m1/s1. The molecule has 6 nitrogen and oxygen atoms in total. The molecule has 0 heterocycles. The van der Waals surface area contributed by atoms with Crippen LogP contribution >= 0.6 is 0 Å². The first-order valence-corrected chi connectivity index (χ1v) is 9.34. The minimum atomic E-state index is -1.20. The van der Waals surface area contributed by atoms with Crippen LogP contribution in [0.5, 0.6) is 0 Å². The van der Waals surface area contributed by atoms with Gasteiger partial charge in [-0.25, -0.2) is 0 Å². The van der Waals surface area contributed by atoms with Gasteiger partial charge in [-0.15, -0.1) is 0 Å². The number of carbonyl (C=O) groups is 2. The van der Waals surface area contributed by atoms with Crippen LogP contribution in [0.2, 0.25) is 0 Å². The number of anilines is 3. The minimum absolute atomic E-state index is 0.113. The fourth-order valence-electron chi connectivity index (χ4n) is 2.71. The largest absolute Gasteiger partial charge is 0.544 e. The summed E-state index contributed by atoms with van der Waals surface area (Å²) in [6.45, 7) is 2.77. The number of carboxylic acids is 1. The number of quaternary nitrogens is 1. The lowest BCUT2D eigenvalue weighted by molar-refractivity contribution is -0.682. The van der Waals surface area contributed by atoms with Crippen molar-refractivity contribution >= 4 is 28.9 Å². The van der Waals surface area contributed by atoms with Gasteiger partial charge in [0.05, 0.1) is 18.9 Å². The molecular weight excluding hydrogens is 342 g/mol. The van der Waals surface area contributed by atoms with Crippen molar-refractivity contribution in [3.63, 3.8) is 0 Å². The number of hydrogen-bond donors (Lipinski definition) is 3. The number of benzene rings is 2. The molecule has 0 aromatic heterocycles. The van der Waals surface area contributed by atoms with Gasteiger partial charge < -0.3 is 25.9 Å². The van der Waals surface area contributed by atoms with E-state index in [1.54, 1.807) is 17.4 Å². The monoisotopic (exact) mass is 369 g/mol. The molecule has 4 N–H and O–H groups in total. The smallest absolute Gasteiger partial charge is 0.230 e. The van der Waals surface area contributed by atoms with Gasteiger partial charge in [-0.2, -0.15) is 0 Å². The molecule has 1 atom stereocenters. The summed E-state index contributed by atoms with van der Waals surface area (Å²) < 4.78 is 0. The van der Waals surface area contributed by atoms with Gasteiger partial charge in [0.1, 0.15) is 6.04 Å². The maximum absolute atomic E-state index is 12.2. The molecule has 2 aromatic carbocycles. The molecule has 0 spiro atoms. The average Bonchev–Trinajstić information content (AvgIpc) is 2.66. The lowest BCUT2D eigenvalue weighted by Gasteiger charge is -2.16. The van der Waals surface area contributed by atoms with Crippen LogP contribution in [0.15, 0.2) is 54.6 Å². The SMILES string of the molecule is CCCCC[NH2+][C@H](CC(=O)Nc1ccc(Nc2ccccc2)cc1)C(=O)[O-]. The molecule has 0 aliphatic heterocycles. The molecule has 0 saturated carbocycles. The highest BCUT2D eigenvalue weighted by Gasteiger charge is 2.18. The van der Waals surface area contributed by atoms with Gasteiger partial charge in [0, 0.05) is 17.1 Å². The first-order chi connectivity index (χ1) is 13.1. The maximum Gasteiger partial charge on any atom is 0.230 e. The highest BCUT2D eigenvalue weighted by molar-refractivity contribution is 5.93. The predicted molar refractivity (Wildman–Crippen MR) is 105 cm³/mol. The fraction of sp³-hybridized carbons (Fsp3) is 0.333. The van der Waals surface area contributed by atoms with E-state index >= 15 is 0 Å². The van der Waals surface area contributed by atoms with E-state index in [0.717, 1.165) is 30.6 Å². The zero-order valence-electron chi connectivity index (χ0n) is 15.6. The number of aliphatic carboxylic acids is 1. The van der Waals surface area contributed by atoms with Crippen LogP contribution in [0.3, 0.4) is 0 Å². The number of hydrogen-bond acceptors (Lipinski definition) is 4. The number of nitrogens with one attached hydrogen (secondary N) is 2. The number of carboxylic acid groups (broad SMARTS) is 1. The second kappa shape index (κ2) is 11.0. The van der Waals surface area contributed by atoms with E-state index in [1.807, 2.05) is 42.5 Å². The topological polar surface area (TPSA) is 97.9 Å². The van der Waals surface area contributed by atoms with Crippen LogP contribution in [-0.4, -0.2) is 24.5 Å². The Morgan fingerprint density at radius 3 is 2.22 bits per heavy atom. The lowest BCUT2D eigenvalue weighted by atomic mass is 10.1. The van der Waals surface area contributed by atoms with Crippen molar-refractivity contribution < 1.29 is 20.0 Å². The Kier molecular flexibility index (Phi) is 8.32. The third-order valence-electron chi connectivity index (χ3n) is 4.20. The predicted octanol–water partition coefficient (Wildman–Crippen LogP) is 1.63. The van der Waals surface area contributed by atoms with Crippen molar-refractivity contribution in [2.24, 2.45) is 0 Å². The molecule has 144 valence electrons. The first-order valence-electron chi connectivity index (χ1n) is 9.34. The molecule has 0 unspecified atom stereocenters. The van der Waals surface area contributed by atoms with Crippen molar-refractivity contribution in [2.75, 3.05) is 17.2 Å². The van der Waals surface area contributed by atoms with Gasteiger partial charge in [-0.1, -0.05) is 31.5 Å². The van der Waals surface area contributed by atoms with E-state index in [9.17, 15) is 14.7 Å². The fourth-order valence-corrected chi connectivity index (χ4v) is 2.71. The molecule has 6 heteroatoms. The van der Waals surface area contributed by atoms with Gasteiger partial charge in [0.2, 0.25) is 5.91 Å². The normalized spacial score (nSPS) is 11.6. The Balaban J connectivity index is 1.84. The van der Waals surface area contributed by atoms with E-state index in [-0.39, 0.29) is 12.3 Å². The van der Waals surface area contributed by atoms with Gasteiger partial charge in [-0.05, 0) is 49.2 Å². The quantitative estimate of drug-likeness (QED) is 0.524. The summed E-state index contributed by atoms with van der Waals surface area (Å²) in [4.78, 5) is 23.4. The molecule has 2 rings (SSSR count). The molecule has 0 saturated heterocycles. The molecule has 0 aliphatic carbocycles. The summed E-state index contributed by atoms with van der Waals surface area (Å²) in [5.41, 5.74) is 2.50. The summed E-state index contributed by atoms with van der Waals surface area (Å²) in [6.07, 6.45) is 2.93. The number of amides is 1.